The quantitative estimate of drug-likeness (QED) is 0.720. The lowest BCUT2D eigenvalue weighted by Gasteiger charge is -2.12. The Morgan fingerprint density at radius 2 is 2.00 bits per heavy atom. The van der Waals surface area contributed by atoms with E-state index in [2.05, 4.69) is 12.6 Å². The van der Waals surface area contributed by atoms with E-state index in [0.29, 0.717) is 12.5 Å². The van der Waals surface area contributed by atoms with E-state index >= 15 is 0 Å². The van der Waals surface area contributed by atoms with Crippen LogP contribution < -0.4 is 10.5 Å². The van der Waals surface area contributed by atoms with Crippen molar-refractivity contribution in [3.63, 3.8) is 0 Å². The molecule has 0 heterocycles. The third-order valence-corrected chi connectivity index (χ3v) is 2.53. The van der Waals surface area contributed by atoms with Gasteiger partial charge >= 0.3 is 0 Å². The van der Waals surface area contributed by atoms with E-state index in [1.807, 2.05) is 24.3 Å². The third-order valence-electron chi connectivity index (χ3n) is 2.09. The summed E-state index contributed by atoms with van der Waals surface area (Å²) >= 11 is 4.24. The second-order valence-electron chi connectivity index (χ2n) is 2.89. The third kappa shape index (κ3) is 2.64. The first kappa shape index (κ1) is 10.4. The Labute approximate surface area is 84.5 Å². The molecular weight excluding hydrogens is 182 g/mol. The molecule has 2 N–H and O–H groups in total. The van der Waals surface area contributed by atoms with Crippen LogP contribution in [0.25, 0.3) is 0 Å². The van der Waals surface area contributed by atoms with Crippen molar-refractivity contribution >= 4 is 12.6 Å². The summed E-state index contributed by atoms with van der Waals surface area (Å²) in [6.45, 7) is 0.635. The van der Waals surface area contributed by atoms with Crippen molar-refractivity contribution in [1.29, 1.82) is 0 Å². The molecule has 0 saturated heterocycles. The van der Waals surface area contributed by atoms with Crippen molar-refractivity contribution in [2.24, 2.45) is 5.73 Å². The molecule has 1 unspecified atom stereocenters. The Morgan fingerprint density at radius 1 is 1.38 bits per heavy atom. The number of methoxy groups -OCH3 is 1. The summed E-state index contributed by atoms with van der Waals surface area (Å²) in [7, 11) is 1.66. The van der Waals surface area contributed by atoms with Crippen molar-refractivity contribution < 1.29 is 4.74 Å². The lowest BCUT2D eigenvalue weighted by atomic mass is 10.0. The minimum absolute atomic E-state index is 0.342. The molecule has 1 aromatic rings. The zero-order chi connectivity index (χ0) is 9.68. The SMILES string of the molecule is COc1ccc(C(CN)CS)cc1. The second-order valence-corrected chi connectivity index (χ2v) is 3.25. The Balaban J connectivity index is 2.78. The van der Waals surface area contributed by atoms with Gasteiger partial charge in [-0.1, -0.05) is 12.1 Å². The van der Waals surface area contributed by atoms with E-state index in [1.165, 1.54) is 5.56 Å². The molecule has 3 heteroatoms. The van der Waals surface area contributed by atoms with Crippen LogP contribution in [-0.4, -0.2) is 19.4 Å². The highest BCUT2D eigenvalue weighted by Crippen LogP contribution is 2.19. The molecule has 13 heavy (non-hydrogen) atoms. The fraction of sp³-hybridized carbons (Fsp3) is 0.400. The summed E-state index contributed by atoms with van der Waals surface area (Å²) in [5.74, 6) is 2.00. The second kappa shape index (κ2) is 5.14. The molecule has 0 aliphatic carbocycles. The van der Waals surface area contributed by atoms with Gasteiger partial charge in [0.05, 0.1) is 7.11 Å². The number of thiol groups is 1. The minimum atomic E-state index is 0.342. The van der Waals surface area contributed by atoms with Gasteiger partial charge < -0.3 is 10.5 Å². The molecule has 0 bridgehead atoms. The van der Waals surface area contributed by atoms with Gasteiger partial charge in [0.1, 0.15) is 5.75 Å². The molecule has 0 aromatic heterocycles. The summed E-state index contributed by atoms with van der Waals surface area (Å²) in [6.07, 6.45) is 0. The van der Waals surface area contributed by atoms with Crippen LogP contribution in [-0.2, 0) is 0 Å². The Morgan fingerprint density at radius 3 is 2.38 bits per heavy atom. The monoisotopic (exact) mass is 197 g/mol. The standard InChI is InChI=1S/C10H15NOS/c1-12-10-4-2-8(3-5-10)9(6-11)7-13/h2-5,9,13H,6-7,11H2,1H3. The number of hydrogen-bond donors (Lipinski definition) is 2. The fourth-order valence-electron chi connectivity index (χ4n) is 1.19. The summed E-state index contributed by atoms with van der Waals surface area (Å²) in [5.41, 5.74) is 6.83. The molecule has 1 rings (SSSR count). The van der Waals surface area contributed by atoms with E-state index in [-0.39, 0.29) is 0 Å². The number of rotatable bonds is 4. The molecule has 1 atom stereocenters. The van der Waals surface area contributed by atoms with Crippen LogP contribution in [0.3, 0.4) is 0 Å². The van der Waals surface area contributed by atoms with Crippen LogP contribution in [0.15, 0.2) is 24.3 Å². The van der Waals surface area contributed by atoms with Crippen LogP contribution in [0, 0.1) is 0 Å². The predicted octanol–water partition coefficient (Wildman–Crippen LogP) is 1.67. The molecule has 0 spiro atoms. The smallest absolute Gasteiger partial charge is 0.118 e. The number of hydrogen-bond acceptors (Lipinski definition) is 3. The van der Waals surface area contributed by atoms with Gasteiger partial charge in [0.2, 0.25) is 0 Å². The topological polar surface area (TPSA) is 35.2 Å². The van der Waals surface area contributed by atoms with Crippen molar-refractivity contribution in [2.45, 2.75) is 5.92 Å². The molecule has 0 aliphatic rings. The van der Waals surface area contributed by atoms with Gasteiger partial charge in [-0.3, -0.25) is 0 Å². The molecule has 1 aromatic carbocycles. The summed E-state index contributed by atoms with van der Waals surface area (Å²) < 4.78 is 5.07. The van der Waals surface area contributed by atoms with Crippen LogP contribution in [0.5, 0.6) is 5.75 Å². The maximum atomic E-state index is 5.61. The summed E-state index contributed by atoms with van der Waals surface area (Å²) in [5, 5.41) is 0. The van der Waals surface area contributed by atoms with Gasteiger partial charge in [0.25, 0.3) is 0 Å². The van der Waals surface area contributed by atoms with Gasteiger partial charge in [0.15, 0.2) is 0 Å². The normalized spacial score (nSPS) is 12.5. The maximum absolute atomic E-state index is 5.61. The Hall–Kier alpha value is -0.670. The summed E-state index contributed by atoms with van der Waals surface area (Å²) in [6, 6.07) is 7.96. The lowest BCUT2D eigenvalue weighted by molar-refractivity contribution is 0.414. The minimum Gasteiger partial charge on any atom is -0.497 e. The van der Waals surface area contributed by atoms with Crippen LogP contribution in [0.2, 0.25) is 0 Å². The van der Waals surface area contributed by atoms with E-state index in [9.17, 15) is 0 Å². The van der Waals surface area contributed by atoms with Crippen LogP contribution in [0.4, 0.5) is 0 Å². The highest BCUT2D eigenvalue weighted by atomic mass is 32.1. The molecule has 0 radical (unpaired) electrons. The fourth-order valence-corrected chi connectivity index (χ4v) is 1.55. The van der Waals surface area contributed by atoms with E-state index in [1.54, 1.807) is 7.11 Å². The zero-order valence-corrected chi connectivity index (χ0v) is 8.63. The van der Waals surface area contributed by atoms with Gasteiger partial charge in [0, 0.05) is 5.92 Å². The van der Waals surface area contributed by atoms with Gasteiger partial charge in [-0.2, -0.15) is 12.6 Å². The van der Waals surface area contributed by atoms with E-state index < -0.39 is 0 Å². The molecule has 72 valence electrons. The maximum Gasteiger partial charge on any atom is 0.118 e. The van der Waals surface area contributed by atoms with Crippen molar-refractivity contribution in [2.75, 3.05) is 19.4 Å². The lowest BCUT2D eigenvalue weighted by Crippen LogP contribution is -2.13. The number of benzene rings is 1. The summed E-state index contributed by atoms with van der Waals surface area (Å²) in [4.78, 5) is 0. The average molecular weight is 197 g/mol. The van der Waals surface area contributed by atoms with Gasteiger partial charge in [-0.05, 0) is 30.0 Å². The Kier molecular flexibility index (Phi) is 4.12. The van der Waals surface area contributed by atoms with E-state index in [0.717, 1.165) is 11.5 Å². The zero-order valence-electron chi connectivity index (χ0n) is 7.73. The van der Waals surface area contributed by atoms with Gasteiger partial charge in [-0.25, -0.2) is 0 Å². The molecule has 0 aliphatic heterocycles. The average Bonchev–Trinajstić information content (AvgIpc) is 2.21. The van der Waals surface area contributed by atoms with E-state index in [4.69, 9.17) is 10.5 Å². The Bertz CT molecular complexity index is 244. The molecular formula is C10H15NOS. The van der Waals surface area contributed by atoms with Crippen molar-refractivity contribution in [1.82, 2.24) is 0 Å². The molecule has 2 nitrogen and oxygen atoms in total. The van der Waals surface area contributed by atoms with Crippen molar-refractivity contribution in [3.8, 4) is 5.75 Å². The first-order valence-corrected chi connectivity index (χ1v) is 4.90. The van der Waals surface area contributed by atoms with Crippen LogP contribution in [0.1, 0.15) is 11.5 Å². The van der Waals surface area contributed by atoms with Crippen LogP contribution >= 0.6 is 12.6 Å². The largest absolute Gasteiger partial charge is 0.497 e. The molecule has 0 saturated carbocycles. The predicted molar refractivity (Wildman–Crippen MR) is 58.6 cm³/mol. The number of nitrogens with two attached hydrogens (primary N) is 1. The molecule has 0 amide bonds. The highest BCUT2D eigenvalue weighted by Gasteiger charge is 2.06. The van der Waals surface area contributed by atoms with Gasteiger partial charge in [-0.15, -0.1) is 0 Å². The molecule has 0 fully saturated rings. The number of ether oxygens (including phenoxy) is 1. The highest BCUT2D eigenvalue weighted by molar-refractivity contribution is 7.80. The first-order valence-electron chi connectivity index (χ1n) is 4.26. The van der Waals surface area contributed by atoms with Crippen molar-refractivity contribution in [3.05, 3.63) is 29.8 Å². The first-order chi connectivity index (χ1) is 6.31.